The van der Waals surface area contributed by atoms with Crippen LogP contribution in [0.4, 0.5) is 11.4 Å². The van der Waals surface area contributed by atoms with E-state index in [2.05, 4.69) is 224 Å². The first kappa shape index (κ1) is 37.1. The third kappa shape index (κ3) is 5.70. The lowest BCUT2D eigenvalue weighted by Crippen LogP contribution is -2.25. The topological polar surface area (TPSA) is 8.17 Å². The van der Waals surface area contributed by atoms with Crippen molar-refractivity contribution in [1.82, 2.24) is 4.57 Å². The minimum absolute atomic E-state index is 0.271. The molecular formula is C58H48N2. The Kier molecular flexibility index (Phi) is 9.42. The van der Waals surface area contributed by atoms with Gasteiger partial charge in [-0.25, -0.2) is 0 Å². The third-order valence-corrected chi connectivity index (χ3v) is 12.7. The molecule has 1 spiro atoms. The van der Waals surface area contributed by atoms with Gasteiger partial charge in [-0.15, -0.1) is 0 Å². The van der Waals surface area contributed by atoms with Gasteiger partial charge in [0.15, 0.2) is 0 Å². The molecule has 2 aliphatic carbocycles. The predicted octanol–water partition coefficient (Wildman–Crippen LogP) is 15.1. The lowest BCUT2D eigenvalue weighted by Gasteiger charge is -2.31. The molecule has 60 heavy (non-hydrogen) atoms. The van der Waals surface area contributed by atoms with Crippen molar-refractivity contribution < 1.29 is 0 Å². The summed E-state index contributed by atoms with van der Waals surface area (Å²) in [5, 5.41) is 2.51. The van der Waals surface area contributed by atoms with Crippen molar-refractivity contribution >= 4 is 44.3 Å². The molecule has 0 saturated carbocycles. The van der Waals surface area contributed by atoms with Crippen LogP contribution in [0, 0.1) is 5.92 Å². The number of allylic oxidation sites excluding steroid dienone is 8. The molecule has 0 amide bonds. The van der Waals surface area contributed by atoms with Gasteiger partial charge in [0.05, 0.1) is 22.1 Å². The second-order valence-electron chi connectivity index (χ2n) is 16.2. The molecule has 2 unspecified atom stereocenters. The minimum Gasteiger partial charge on any atom is -0.341 e. The summed E-state index contributed by atoms with van der Waals surface area (Å²) < 4.78 is 2.41. The summed E-state index contributed by atoms with van der Waals surface area (Å²) in [4.78, 5) is 2.54. The minimum atomic E-state index is -0.474. The molecular weight excluding hydrogens is 725 g/mol. The molecule has 0 radical (unpaired) electrons. The van der Waals surface area contributed by atoms with Gasteiger partial charge in [-0.05, 0) is 117 Å². The van der Waals surface area contributed by atoms with Crippen LogP contribution < -0.4 is 4.90 Å². The highest BCUT2D eigenvalue weighted by Crippen LogP contribution is 2.64. The van der Waals surface area contributed by atoms with Gasteiger partial charge in [0.1, 0.15) is 0 Å². The molecule has 0 bridgehead atoms. The fourth-order valence-corrected chi connectivity index (χ4v) is 10.4. The van der Waals surface area contributed by atoms with Crippen molar-refractivity contribution in [2.45, 2.75) is 25.7 Å². The molecule has 2 atom stereocenters. The Labute approximate surface area is 354 Å². The maximum absolute atomic E-state index is 4.90. The lowest BCUT2D eigenvalue weighted by atomic mass is 9.70. The van der Waals surface area contributed by atoms with Crippen LogP contribution in [-0.4, -0.2) is 11.1 Å². The number of rotatable bonds is 10. The first-order valence-electron chi connectivity index (χ1n) is 21.1. The molecule has 2 aliphatic rings. The number of hydrogen-bond acceptors (Lipinski definition) is 1. The SMILES string of the molecule is C=C/C=C(\CC(C)CN(c1ccccc1)c1cccc2c1c1ccccc1n2-c1ccccc1)c1cccc2c1-c1ccccc1C21C(=C)/C(=C\C=C/C)c2ccccc21. The molecule has 0 aliphatic heterocycles. The van der Waals surface area contributed by atoms with E-state index < -0.39 is 5.41 Å². The molecule has 0 fully saturated rings. The van der Waals surface area contributed by atoms with Crippen molar-refractivity contribution in [3.8, 4) is 16.8 Å². The average Bonchev–Trinajstić information content (AvgIpc) is 3.89. The summed E-state index contributed by atoms with van der Waals surface area (Å²) in [6.07, 6.45) is 11.6. The highest BCUT2D eigenvalue weighted by atomic mass is 15.1. The van der Waals surface area contributed by atoms with Crippen molar-refractivity contribution in [1.29, 1.82) is 0 Å². The van der Waals surface area contributed by atoms with Gasteiger partial charge in [0.25, 0.3) is 0 Å². The van der Waals surface area contributed by atoms with Crippen molar-refractivity contribution in [3.05, 3.63) is 247 Å². The van der Waals surface area contributed by atoms with Crippen LogP contribution in [0.2, 0.25) is 0 Å². The van der Waals surface area contributed by atoms with E-state index in [4.69, 9.17) is 6.58 Å². The van der Waals surface area contributed by atoms with E-state index in [9.17, 15) is 0 Å². The van der Waals surface area contributed by atoms with Crippen molar-refractivity contribution in [2.24, 2.45) is 5.92 Å². The van der Waals surface area contributed by atoms with Gasteiger partial charge in [0.2, 0.25) is 0 Å². The molecule has 1 heterocycles. The van der Waals surface area contributed by atoms with E-state index in [0.717, 1.165) is 24.2 Å². The second kappa shape index (κ2) is 15.2. The van der Waals surface area contributed by atoms with E-state index in [-0.39, 0.29) is 5.92 Å². The molecule has 8 aromatic rings. The number of hydrogen-bond donors (Lipinski definition) is 0. The Hall–Kier alpha value is -7.16. The first-order chi connectivity index (χ1) is 29.6. The number of anilines is 2. The Balaban J connectivity index is 1.08. The second-order valence-corrected chi connectivity index (χ2v) is 16.2. The highest BCUT2D eigenvalue weighted by Gasteiger charge is 2.53. The largest absolute Gasteiger partial charge is 0.341 e. The van der Waals surface area contributed by atoms with Gasteiger partial charge >= 0.3 is 0 Å². The summed E-state index contributed by atoms with van der Waals surface area (Å²) in [5.74, 6) is 0.271. The first-order valence-corrected chi connectivity index (χ1v) is 21.1. The smallest absolute Gasteiger partial charge is 0.0720 e. The normalized spacial score (nSPS) is 16.8. The maximum Gasteiger partial charge on any atom is 0.0720 e. The zero-order chi connectivity index (χ0) is 40.8. The Morgan fingerprint density at radius 3 is 2.08 bits per heavy atom. The number of nitrogens with zero attached hydrogens (tertiary/aromatic N) is 2. The molecule has 0 saturated heterocycles. The predicted molar refractivity (Wildman–Crippen MR) is 256 cm³/mol. The zero-order valence-corrected chi connectivity index (χ0v) is 34.4. The van der Waals surface area contributed by atoms with Crippen molar-refractivity contribution in [3.63, 3.8) is 0 Å². The molecule has 2 heteroatoms. The molecule has 0 N–H and O–H groups in total. The van der Waals surface area contributed by atoms with Gasteiger partial charge < -0.3 is 9.47 Å². The van der Waals surface area contributed by atoms with Crippen LogP contribution in [-0.2, 0) is 5.41 Å². The Morgan fingerprint density at radius 2 is 1.32 bits per heavy atom. The van der Waals surface area contributed by atoms with E-state index in [0.29, 0.717) is 0 Å². The van der Waals surface area contributed by atoms with Crippen LogP contribution >= 0.6 is 0 Å². The molecule has 1 aromatic heterocycles. The van der Waals surface area contributed by atoms with Crippen LogP contribution in [0.15, 0.2) is 219 Å². The fraction of sp³-hybridized carbons (Fsp3) is 0.103. The maximum atomic E-state index is 4.90. The van der Waals surface area contributed by atoms with Gasteiger partial charge in [-0.3, -0.25) is 0 Å². The van der Waals surface area contributed by atoms with E-state index in [1.165, 1.54) is 83.3 Å². The summed E-state index contributed by atoms with van der Waals surface area (Å²) in [5.41, 5.74) is 18.1. The summed E-state index contributed by atoms with van der Waals surface area (Å²) in [6.45, 7) is 14.4. The van der Waals surface area contributed by atoms with E-state index in [1.807, 2.05) is 6.08 Å². The molecule has 2 nitrogen and oxygen atoms in total. The van der Waals surface area contributed by atoms with Crippen LogP contribution in [0.1, 0.15) is 48.1 Å². The highest BCUT2D eigenvalue weighted by molar-refractivity contribution is 6.15. The van der Waals surface area contributed by atoms with Crippen LogP contribution in [0.5, 0.6) is 0 Å². The quantitative estimate of drug-likeness (QED) is 0.126. The standard InChI is InChI=1S/C58H48N2/c1-5-7-27-45-41(4)58(50-32-17-14-28-47(45)50)51-33-18-15-29-48(51)56-46(31-20-34-52(56)58)42(22-6-2)38-40(3)39-59(43-23-10-8-11-24-43)54-36-21-37-55-57(54)49-30-16-19-35-53(49)60(55)44-25-12-9-13-26-44/h5-37,40H,2,4,38-39H2,1,3H3/b7-5-,42-22+,45-27+. The van der Waals surface area contributed by atoms with Crippen molar-refractivity contribution in [2.75, 3.05) is 11.4 Å². The average molecular weight is 773 g/mol. The molecule has 7 aromatic carbocycles. The third-order valence-electron chi connectivity index (χ3n) is 12.7. The molecule has 10 rings (SSSR count). The van der Waals surface area contributed by atoms with E-state index >= 15 is 0 Å². The van der Waals surface area contributed by atoms with E-state index in [1.54, 1.807) is 0 Å². The van der Waals surface area contributed by atoms with Gasteiger partial charge in [-0.2, -0.15) is 0 Å². The Morgan fingerprint density at radius 1 is 0.683 bits per heavy atom. The summed E-state index contributed by atoms with van der Waals surface area (Å²) >= 11 is 0. The lowest BCUT2D eigenvalue weighted by molar-refractivity contribution is 0.605. The van der Waals surface area contributed by atoms with Gasteiger partial charge in [0, 0.05) is 28.7 Å². The monoisotopic (exact) mass is 772 g/mol. The number of para-hydroxylation sites is 3. The molecule has 290 valence electrons. The number of fused-ring (bicyclic) bond motifs is 10. The number of benzene rings is 7. The van der Waals surface area contributed by atoms with Crippen LogP contribution in [0.3, 0.4) is 0 Å². The zero-order valence-electron chi connectivity index (χ0n) is 34.4. The van der Waals surface area contributed by atoms with Crippen LogP contribution in [0.25, 0.3) is 49.8 Å². The Bertz CT molecular complexity index is 3050. The van der Waals surface area contributed by atoms with Gasteiger partial charge in [-0.1, -0.05) is 178 Å². The summed E-state index contributed by atoms with van der Waals surface area (Å²) in [7, 11) is 0. The fourth-order valence-electron chi connectivity index (χ4n) is 10.4. The summed E-state index contributed by atoms with van der Waals surface area (Å²) in [6, 6.07) is 62.1. The number of aromatic nitrogens is 1.